The maximum Gasteiger partial charge on any atom is 0.212 e. The van der Waals surface area contributed by atoms with Crippen LogP contribution in [0.15, 0.2) is 36.5 Å². The molecule has 0 saturated carbocycles. The van der Waals surface area contributed by atoms with Gasteiger partial charge in [0.25, 0.3) is 0 Å². The summed E-state index contributed by atoms with van der Waals surface area (Å²) in [5.74, 6) is 0.523. The molecule has 2 unspecified atom stereocenters. The third-order valence-corrected chi connectivity index (χ3v) is 4.13. The highest BCUT2D eigenvalue weighted by Crippen LogP contribution is 2.34. The molecule has 3 nitrogen and oxygen atoms in total. The largest absolute Gasteiger partial charge is 0.481 e. The van der Waals surface area contributed by atoms with Gasteiger partial charge in [0, 0.05) is 24.3 Å². The minimum atomic E-state index is -0.0874. The first kappa shape index (κ1) is 14.0. The van der Waals surface area contributed by atoms with Crippen LogP contribution in [0.5, 0.6) is 5.88 Å². The lowest BCUT2D eigenvalue weighted by molar-refractivity contribution is 0.396. The van der Waals surface area contributed by atoms with E-state index in [-0.39, 0.29) is 17.9 Å². The van der Waals surface area contributed by atoms with Gasteiger partial charge in [-0.15, -0.1) is 0 Å². The molecule has 2 atom stereocenters. The molecular formula is C17H19FN2O. The second kappa shape index (κ2) is 5.82. The predicted octanol–water partition coefficient (Wildman–Crippen LogP) is 3.57. The molecule has 0 saturated heterocycles. The second-order valence-corrected chi connectivity index (χ2v) is 5.42. The summed E-state index contributed by atoms with van der Waals surface area (Å²) < 4.78 is 18.8. The van der Waals surface area contributed by atoms with Gasteiger partial charge in [-0.2, -0.15) is 0 Å². The van der Waals surface area contributed by atoms with Crippen LogP contribution in [0.3, 0.4) is 0 Å². The zero-order valence-corrected chi connectivity index (χ0v) is 12.3. The number of pyridine rings is 1. The SMILES string of the molecule is COc1ccc(C(C)NC2CCc3c(F)cccc32)cn1. The maximum atomic E-state index is 13.8. The fourth-order valence-electron chi connectivity index (χ4n) is 2.95. The van der Waals surface area contributed by atoms with Crippen LogP contribution in [-0.2, 0) is 6.42 Å². The van der Waals surface area contributed by atoms with Crippen molar-refractivity contribution in [3.8, 4) is 5.88 Å². The molecule has 1 aliphatic carbocycles. The summed E-state index contributed by atoms with van der Waals surface area (Å²) >= 11 is 0. The second-order valence-electron chi connectivity index (χ2n) is 5.42. The number of halogens is 1. The molecule has 2 aromatic rings. The molecule has 4 heteroatoms. The maximum absolute atomic E-state index is 13.8. The summed E-state index contributed by atoms with van der Waals surface area (Å²) in [5, 5.41) is 3.57. The minimum Gasteiger partial charge on any atom is -0.481 e. The number of methoxy groups -OCH3 is 1. The van der Waals surface area contributed by atoms with E-state index in [1.807, 2.05) is 24.4 Å². The number of nitrogens with zero attached hydrogens (tertiary/aromatic N) is 1. The summed E-state index contributed by atoms with van der Waals surface area (Å²) in [5.41, 5.74) is 3.04. The first-order chi connectivity index (χ1) is 10.2. The molecule has 1 N–H and O–H groups in total. The predicted molar refractivity (Wildman–Crippen MR) is 79.8 cm³/mol. The van der Waals surface area contributed by atoms with Crippen LogP contribution >= 0.6 is 0 Å². The van der Waals surface area contributed by atoms with Gasteiger partial charge in [-0.1, -0.05) is 18.2 Å². The Balaban J connectivity index is 1.74. The molecule has 0 radical (unpaired) electrons. The van der Waals surface area contributed by atoms with E-state index in [1.54, 1.807) is 13.2 Å². The Bertz CT molecular complexity index is 627. The zero-order chi connectivity index (χ0) is 14.8. The van der Waals surface area contributed by atoms with Crippen molar-refractivity contribution in [3.05, 3.63) is 59.0 Å². The third kappa shape index (κ3) is 2.76. The van der Waals surface area contributed by atoms with Crippen LogP contribution in [0.2, 0.25) is 0 Å². The summed E-state index contributed by atoms with van der Waals surface area (Å²) in [7, 11) is 1.60. The van der Waals surface area contributed by atoms with Gasteiger partial charge in [-0.05, 0) is 42.5 Å². The van der Waals surface area contributed by atoms with Crippen molar-refractivity contribution >= 4 is 0 Å². The molecule has 1 heterocycles. The number of hydrogen-bond donors (Lipinski definition) is 1. The quantitative estimate of drug-likeness (QED) is 0.933. The molecule has 1 aromatic heterocycles. The molecular weight excluding hydrogens is 267 g/mol. The van der Waals surface area contributed by atoms with Crippen molar-refractivity contribution in [3.63, 3.8) is 0 Å². The van der Waals surface area contributed by atoms with E-state index in [4.69, 9.17) is 4.74 Å². The Morgan fingerprint density at radius 3 is 2.90 bits per heavy atom. The molecule has 0 fully saturated rings. The molecule has 0 bridgehead atoms. The Hall–Kier alpha value is -1.94. The van der Waals surface area contributed by atoms with Gasteiger partial charge in [-0.25, -0.2) is 9.37 Å². The van der Waals surface area contributed by atoms with Gasteiger partial charge < -0.3 is 10.1 Å². The average Bonchev–Trinajstić information content (AvgIpc) is 2.92. The molecule has 3 rings (SSSR count). The summed E-state index contributed by atoms with van der Waals surface area (Å²) in [6, 6.07) is 9.56. The topological polar surface area (TPSA) is 34.1 Å². The van der Waals surface area contributed by atoms with E-state index in [2.05, 4.69) is 17.2 Å². The highest BCUT2D eigenvalue weighted by Gasteiger charge is 2.26. The van der Waals surface area contributed by atoms with Gasteiger partial charge in [0.2, 0.25) is 5.88 Å². The standard InChI is InChI=1S/C17H19FN2O/c1-11(12-6-9-17(21-2)19-10-12)20-16-8-7-13-14(16)4-3-5-15(13)18/h3-6,9-11,16,20H,7-8H2,1-2H3. The monoisotopic (exact) mass is 286 g/mol. The summed E-state index contributed by atoms with van der Waals surface area (Å²) in [6.07, 6.45) is 3.55. The van der Waals surface area contributed by atoms with Gasteiger partial charge in [-0.3, -0.25) is 0 Å². The number of benzene rings is 1. The molecule has 21 heavy (non-hydrogen) atoms. The van der Waals surface area contributed by atoms with Crippen LogP contribution in [0.1, 0.15) is 42.1 Å². The first-order valence-corrected chi connectivity index (χ1v) is 7.22. The molecule has 0 amide bonds. The lowest BCUT2D eigenvalue weighted by atomic mass is 10.1. The van der Waals surface area contributed by atoms with E-state index in [9.17, 15) is 4.39 Å². The third-order valence-electron chi connectivity index (χ3n) is 4.13. The van der Waals surface area contributed by atoms with Gasteiger partial charge in [0.05, 0.1) is 7.11 Å². The fourth-order valence-corrected chi connectivity index (χ4v) is 2.95. The number of rotatable bonds is 4. The van der Waals surface area contributed by atoms with E-state index in [0.717, 1.165) is 29.5 Å². The highest BCUT2D eigenvalue weighted by atomic mass is 19.1. The van der Waals surface area contributed by atoms with Crippen molar-refractivity contribution in [1.82, 2.24) is 10.3 Å². The number of aromatic nitrogens is 1. The first-order valence-electron chi connectivity index (χ1n) is 7.22. The van der Waals surface area contributed by atoms with Crippen molar-refractivity contribution in [2.75, 3.05) is 7.11 Å². The molecule has 110 valence electrons. The van der Waals surface area contributed by atoms with E-state index >= 15 is 0 Å². The van der Waals surface area contributed by atoms with Crippen LogP contribution in [0, 0.1) is 5.82 Å². The minimum absolute atomic E-state index is 0.0874. The molecule has 1 aliphatic rings. The van der Waals surface area contributed by atoms with E-state index in [1.165, 1.54) is 6.07 Å². The average molecular weight is 286 g/mol. The Morgan fingerprint density at radius 2 is 2.19 bits per heavy atom. The Morgan fingerprint density at radius 1 is 1.33 bits per heavy atom. The number of fused-ring (bicyclic) bond motifs is 1. The Kier molecular flexibility index (Phi) is 3.88. The lowest BCUT2D eigenvalue weighted by Gasteiger charge is -2.20. The molecule has 1 aromatic carbocycles. The summed E-state index contributed by atoms with van der Waals surface area (Å²) in [6.45, 7) is 2.10. The lowest BCUT2D eigenvalue weighted by Crippen LogP contribution is -2.23. The number of hydrogen-bond acceptors (Lipinski definition) is 3. The van der Waals surface area contributed by atoms with Crippen LogP contribution < -0.4 is 10.1 Å². The van der Waals surface area contributed by atoms with Crippen molar-refractivity contribution in [2.45, 2.75) is 31.8 Å². The molecule has 0 aliphatic heterocycles. The highest BCUT2D eigenvalue weighted by molar-refractivity contribution is 5.36. The van der Waals surface area contributed by atoms with Crippen molar-refractivity contribution in [1.29, 1.82) is 0 Å². The summed E-state index contributed by atoms with van der Waals surface area (Å²) in [4.78, 5) is 4.23. The Labute approximate surface area is 124 Å². The van der Waals surface area contributed by atoms with Crippen LogP contribution in [0.25, 0.3) is 0 Å². The molecule has 0 spiro atoms. The van der Waals surface area contributed by atoms with Gasteiger partial charge in [0.1, 0.15) is 5.82 Å². The smallest absolute Gasteiger partial charge is 0.212 e. The van der Waals surface area contributed by atoms with E-state index in [0.29, 0.717) is 5.88 Å². The van der Waals surface area contributed by atoms with Crippen molar-refractivity contribution in [2.24, 2.45) is 0 Å². The zero-order valence-electron chi connectivity index (χ0n) is 12.3. The normalized spacial score (nSPS) is 18.3. The van der Waals surface area contributed by atoms with E-state index < -0.39 is 0 Å². The van der Waals surface area contributed by atoms with Crippen LogP contribution in [-0.4, -0.2) is 12.1 Å². The number of ether oxygens (including phenoxy) is 1. The number of nitrogens with one attached hydrogen (secondary N) is 1. The van der Waals surface area contributed by atoms with Crippen LogP contribution in [0.4, 0.5) is 4.39 Å². The fraction of sp³-hybridized carbons (Fsp3) is 0.353. The van der Waals surface area contributed by atoms with Gasteiger partial charge in [0.15, 0.2) is 0 Å². The van der Waals surface area contributed by atoms with Gasteiger partial charge >= 0.3 is 0 Å². The van der Waals surface area contributed by atoms with Crippen molar-refractivity contribution < 1.29 is 9.13 Å².